The first-order valence-corrected chi connectivity index (χ1v) is 11.1. The number of pyridine rings is 1. The molecule has 0 fully saturated rings. The molecule has 0 radical (unpaired) electrons. The Morgan fingerprint density at radius 1 is 1.09 bits per heavy atom. The molecule has 32 heavy (non-hydrogen) atoms. The molecule has 8 heteroatoms. The number of nitrogens with one attached hydrogen (secondary N) is 1. The van der Waals surface area contributed by atoms with Gasteiger partial charge in [-0.1, -0.05) is 61.3 Å². The lowest BCUT2D eigenvalue weighted by Gasteiger charge is -2.21. The van der Waals surface area contributed by atoms with Gasteiger partial charge >= 0.3 is 5.97 Å². The van der Waals surface area contributed by atoms with Crippen molar-refractivity contribution in [2.45, 2.75) is 39.7 Å². The van der Waals surface area contributed by atoms with Gasteiger partial charge in [0.2, 0.25) is 0 Å². The van der Waals surface area contributed by atoms with Gasteiger partial charge in [0.25, 0.3) is 0 Å². The number of hydrogen-bond acceptors (Lipinski definition) is 6. The summed E-state index contributed by atoms with van der Waals surface area (Å²) >= 11 is 12.4. The molecule has 0 aliphatic heterocycles. The molecule has 1 aliphatic carbocycles. The first-order valence-electron chi connectivity index (χ1n) is 10.4. The van der Waals surface area contributed by atoms with Crippen molar-refractivity contribution in [3.8, 4) is 11.4 Å². The Balaban J connectivity index is 1.77. The molecule has 0 unspecified atom stereocenters. The quantitative estimate of drug-likeness (QED) is 0.444. The van der Waals surface area contributed by atoms with Crippen LogP contribution in [0.4, 0.5) is 5.82 Å². The SMILES string of the molecule is CCc1nc(-c2ncc(Cl)cc2Cl)c(CC)nc1N[C@@H]1C(OC(C)=O)=Cc2ccccc21. The molecule has 4 rings (SSSR count). The van der Waals surface area contributed by atoms with Crippen LogP contribution in [0, 0.1) is 0 Å². The van der Waals surface area contributed by atoms with Crippen LogP contribution in [0.3, 0.4) is 0 Å². The summed E-state index contributed by atoms with van der Waals surface area (Å²) in [4.78, 5) is 25.8. The Morgan fingerprint density at radius 3 is 2.53 bits per heavy atom. The average molecular weight is 469 g/mol. The Kier molecular flexibility index (Phi) is 6.44. The smallest absolute Gasteiger partial charge is 0.307 e. The summed E-state index contributed by atoms with van der Waals surface area (Å²) < 4.78 is 5.50. The summed E-state index contributed by atoms with van der Waals surface area (Å²) in [6, 6.07) is 9.21. The zero-order chi connectivity index (χ0) is 22.8. The van der Waals surface area contributed by atoms with Crippen LogP contribution in [0.15, 0.2) is 42.3 Å². The van der Waals surface area contributed by atoms with E-state index in [0.29, 0.717) is 45.9 Å². The van der Waals surface area contributed by atoms with E-state index < -0.39 is 0 Å². The molecular weight excluding hydrogens is 447 g/mol. The van der Waals surface area contributed by atoms with Gasteiger partial charge in [-0.2, -0.15) is 0 Å². The van der Waals surface area contributed by atoms with Crippen LogP contribution >= 0.6 is 23.2 Å². The third kappa shape index (κ3) is 4.33. The van der Waals surface area contributed by atoms with Crippen molar-refractivity contribution in [1.29, 1.82) is 0 Å². The Hall–Kier alpha value is -2.96. The van der Waals surface area contributed by atoms with E-state index in [9.17, 15) is 4.79 Å². The van der Waals surface area contributed by atoms with Gasteiger partial charge in [0.15, 0.2) is 0 Å². The van der Waals surface area contributed by atoms with E-state index in [-0.39, 0.29) is 12.0 Å². The summed E-state index contributed by atoms with van der Waals surface area (Å²) in [6.07, 6.45) is 4.70. The molecule has 3 aromatic rings. The van der Waals surface area contributed by atoms with Crippen molar-refractivity contribution in [3.63, 3.8) is 0 Å². The highest BCUT2D eigenvalue weighted by Crippen LogP contribution is 2.38. The number of nitrogens with zero attached hydrogens (tertiary/aromatic N) is 3. The molecule has 1 atom stereocenters. The summed E-state index contributed by atoms with van der Waals surface area (Å²) in [5.41, 5.74) is 4.71. The fraction of sp³-hybridized carbons (Fsp3) is 0.250. The number of anilines is 1. The Morgan fingerprint density at radius 2 is 1.84 bits per heavy atom. The minimum atomic E-state index is -0.370. The second-order valence-electron chi connectivity index (χ2n) is 7.35. The van der Waals surface area contributed by atoms with Crippen molar-refractivity contribution in [2.24, 2.45) is 0 Å². The number of rotatable bonds is 6. The van der Waals surface area contributed by atoms with Crippen LogP contribution in [0.2, 0.25) is 10.0 Å². The fourth-order valence-corrected chi connectivity index (χ4v) is 4.20. The molecule has 0 bridgehead atoms. The molecule has 1 aliphatic rings. The maximum absolute atomic E-state index is 11.7. The number of carbonyl (C=O) groups is 1. The minimum Gasteiger partial charge on any atom is -0.429 e. The maximum Gasteiger partial charge on any atom is 0.307 e. The van der Waals surface area contributed by atoms with Gasteiger partial charge in [-0.15, -0.1) is 0 Å². The van der Waals surface area contributed by atoms with Gasteiger partial charge in [-0.3, -0.25) is 9.78 Å². The molecule has 2 heterocycles. The number of carbonyl (C=O) groups excluding carboxylic acids is 1. The summed E-state index contributed by atoms with van der Waals surface area (Å²) in [6.45, 7) is 5.40. The number of aromatic nitrogens is 3. The predicted molar refractivity (Wildman–Crippen MR) is 127 cm³/mol. The fourth-order valence-electron chi connectivity index (χ4n) is 3.73. The van der Waals surface area contributed by atoms with E-state index in [1.54, 1.807) is 12.3 Å². The number of hydrogen-bond donors (Lipinski definition) is 1. The highest BCUT2D eigenvalue weighted by Gasteiger charge is 2.29. The summed E-state index contributed by atoms with van der Waals surface area (Å²) in [5.74, 6) is 0.802. The van der Waals surface area contributed by atoms with E-state index in [1.165, 1.54) is 6.92 Å². The highest BCUT2D eigenvalue weighted by atomic mass is 35.5. The zero-order valence-corrected chi connectivity index (χ0v) is 19.5. The van der Waals surface area contributed by atoms with E-state index in [4.69, 9.17) is 37.9 Å². The molecule has 0 saturated carbocycles. The first-order chi connectivity index (χ1) is 15.4. The standard InChI is InChI=1S/C24H22Cl2N4O2/c1-4-18-23(22-17(26)11-15(25)12-27-22)28-19(5-2)24(29-18)30-21-16-9-7-6-8-14(16)10-20(21)32-13(3)31/h6-12,21H,4-5H2,1-3H3,(H,29,30)/t21-/m0/s1. The van der Waals surface area contributed by atoms with Gasteiger partial charge in [0, 0.05) is 13.1 Å². The maximum atomic E-state index is 11.7. The van der Waals surface area contributed by atoms with Gasteiger partial charge in [-0.25, -0.2) is 9.97 Å². The van der Waals surface area contributed by atoms with Crippen LogP contribution in [-0.4, -0.2) is 20.9 Å². The number of esters is 1. The van der Waals surface area contributed by atoms with Crippen LogP contribution in [0.25, 0.3) is 17.5 Å². The molecule has 6 nitrogen and oxygen atoms in total. The molecule has 1 aromatic carbocycles. The van der Waals surface area contributed by atoms with Crippen molar-refractivity contribution < 1.29 is 9.53 Å². The third-order valence-corrected chi connectivity index (χ3v) is 5.67. The van der Waals surface area contributed by atoms with E-state index in [0.717, 1.165) is 22.5 Å². The molecule has 2 aromatic heterocycles. The van der Waals surface area contributed by atoms with E-state index >= 15 is 0 Å². The first kappa shape index (κ1) is 22.2. The van der Waals surface area contributed by atoms with Gasteiger partial charge in [0.05, 0.1) is 21.4 Å². The largest absolute Gasteiger partial charge is 0.429 e. The van der Waals surface area contributed by atoms with Crippen molar-refractivity contribution in [2.75, 3.05) is 5.32 Å². The van der Waals surface area contributed by atoms with Crippen LogP contribution in [0.1, 0.15) is 49.3 Å². The molecule has 1 N–H and O–H groups in total. The number of ether oxygens (including phenoxy) is 1. The second-order valence-corrected chi connectivity index (χ2v) is 8.20. The number of aryl methyl sites for hydroxylation is 2. The summed E-state index contributed by atoms with van der Waals surface area (Å²) in [5, 5.41) is 4.34. The highest BCUT2D eigenvalue weighted by molar-refractivity contribution is 6.36. The van der Waals surface area contributed by atoms with Crippen molar-refractivity contribution in [1.82, 2.24) is 15.0 Å². The second kappa shape index (κ2) is 9.27. The average Bonchev–Trinajstić information content (AvgIpc) is 3.10. The monoisotopic (exact) mass is 468 g/mol. The molecule has 0 saturated heterocycles. The molecule has 164 valence electrons. The van der Waals surface area contributed by atoms with Gasteiger partial charge in [-0.05, 0) is 36.1 Å². The van der Waals surface area contributed by atoms with Gasteiger partial charge < -0.3 is 10.1 Å². The lowest BCUT2D eigenvalue weighted by molar-refractivity contribution is -0.137. The van der Waals surface area contributed by atoms with Crippen molar-refractivity contribution >= 4 is 41.1 Å². The lowest BCUT2D eigenvalue weighted by atomic mass is 10.1. The normalized spacial score (nSPS) is 14.7. The number of benzene rings is 1. The molecule has 0 spiro atoms. The van der Waals surface area contributed by atoms with E-state index in [2.05, 4.69) is 10.3 Å². The lowest BCUT2D eigenvalue weighted by Crippen LogP contribution is -2.18. The zero-order valence-electron chi connectivity index (χ0n) is 17.9. The molecular formula is C24H22Cl2N4O2. The van der Waals surface area contributed by atoms with E-state index in [1.807, 2.05) is 44.2 Å². The minimum absolute atomic E-state index is 0.345. The topological polar surface area (TPSA) is 77.0 Å². The summed E-state index contributed by atoms with van der Waals surface area (Å²) in [7, 11) is 0. The Labute approximate surface area is 196 Å². The Bertz CT molecular complexity index is 1230. The third-order valence-electron chi connectivity index (χ3n) is 5.17. The number of fused-ring (bicyclic) bond motifs is 1. The van der Waals surface area contributed by atoms with Crippen LogP contribution < -0.4 is 5.32 Å². The van der Waals surface area contributed by atoms with Crippen LogP contribution in [-0.2, 0) is 22.4 Å². The molecule has 0 amide bonds. The van der Waals surface area contributed by atoms with Gasteiger partial charge in [0.1, 0.15) is 29.0 Å². The van der Waals surface area contributed by atoms with Crippen LogP contribution in [0.5, 0.6) is 0 Å². The van der Waals surface area contributed by atoms with Crippen molar-refractivity contribution in [3.05, 3.63) is 74.8 Å². The predicted octanol–water partition coefficient (Wildman–Crippen LogP) is 6.04. The number of halogens is 2.